The highest BCUT2D eigenvalue weighted by Crippen LogP contribution is 2.26. The Hall–Kier alpha value is -1.35. The van der Waals surface area contributed by atoms with Gasteiger partial charge in [0.1, 0.15) is 16.5 Å². The molecule has 0 bridgehead atoms. The van der Waals surface area contributed by atoms with Crippen LogP contribution in [0.1, 0.15) is 5.56 Å². The Morgan fingerprint density at radius 2 is 1.81 bits per heavy atom. The first-order chi connectivity index (χ1) is 9.90. The zero-order valence-corrected chi connectivity index (χ0v) is 12.9. The maximum Gasteiger partial charge on any atom is 0.266 e. The molecule has 0 aromatic heterocycles. The number of rotatable bonds is 5. The van der Waals surface area contributed by atoms with Crippen LogP contribution in [-0.4, -0.2) is 8.42 Å². The fraction of sp³-hybridized carbons (Fsp3) is 0.0769. The van der Waals surface area contributed by atoms with Gasteiger partial charge >= 0.3 is 0 Å². The van der Waals surface area contributed by atoms with Gasteiger partial charge in [0.05, 0.1) is 6.61 Å². The summed E-state index contributed by atoms with van der Waals surface area (Å²) in [5, 5.41) is 0. The molecule has 0 atom stereocenters. The molecule has 0 spiro atoms. The Kier molecular flexibility index (Phi) is 5.04. The van der Waals surface area contributed by atoms with Crippen molar-refractivity contribution in [1.82, 2.24) is 4.89 Å². The molecule has 2 aromatic carbocycles. The summed E-state index contributed by atoms with van der Waals surface area (Å²) in [7, 11) is -4.27. The van der Waals surface area contributed by atoms with Crippen molar-refractivity contribution in [2.45, 2.75) is 11.5 Å². The van der Waals surface area contributed by atoms with E-state index in [9.17, 15) is 17.2 Å². The fourth-order valence-electron chi connectivity index (χ4n) is 1.59. The first-order valence-electron chi connectivity index (χ1n) is 5.72. The van der Waals surface area contributed by atoms with Gasteiger partial charge in [-0.1, -0.05) is 35.2 Å². The second-order valence-corrected chi connectivity index (χ2v) is 6.50. The summed E-state index contributed by atoms with van der Waals surface area (Å²) in [5.41, 5.74) is 0.735. The molecule has 2 aromatic rings. The predicted molar refractivity (Wildman–Crippen MR) is 75.6 cm³/mol. The lowest BCUT2D eigenvalue weighted by atomic mass is 10.2. The molecule has 0 aliphatic carbocycles. The van der Waals surface area contributed by atoms with Crippen molar-refractivity contribution in [1.29, 1.82) is 0 Å². The van der Waals surface area contributed by atoms with Gasteiger partial charge in [0.2, 0.25) is 0 Å². The van der Waals surface area contributed by atoms with Crippen molar-refractivity contribution in [2.24, 2.45) is 0 Å². The Balaban J connectivity index is 2.12. The summed E-state index contributed by atoms with van der Waals surface area (Å²) < 4.78 is 50.2. The Labute approximate surface area is 128 Å². The molecule has 8 heteroatoms. The van der Waals surface area contributed by atoms with Crippen molar-refractivity contribution in [3.05, 3.63) is 64.1 Å². The summed E-state index contributed by atoms with van der Waals surface area (Å²) >= 11 is 2.82. The number of nitrogens with one attached hydrogen (secondary N) is 1. The minimum absolute atomic E-state index is 0.0273. The highest BCUT2D eigenvalue weighted by atomic mass is 79.9. The number of benzene rings is 2. The quantitative estimate of drug-likeness (QED) is 0.814. The SMILES string of the molecule is O=S(=O)(NOCc1ccccc1)c1c(F)cc(F)cc1Br. The molecular formula is C13H10BrF2NO3S. The number of halogens is 3. The van der Waals surface area contributed by atoms with Crippen LogP contribution in [-0.2, 0) is 21.5 Å². The van der Waals surface area contributed by atoms with Crippen LogP contribution in [0.3, 0.4) is 0 Å². The molecule has 0 heterocycles. The highest BCUT2D eigenvalue weighted by molar-refractivity contribution is 9.10. The molecule has 21 heavy (non-hydrogen) atoms. The number of hydrogen-bond donors (Lipinski definition) is 1. The molecule has 4 nitrogen and oxygen atoms in total. The van der Waals surface area contributed by atoms with E-state index in [0.29, 0.717) is 6.07 Å². The van der Waals surface area contributed by atoms with E-state index in [1.165, 1.54) is 0 Å². The second kappa shape index (κ2) is 6.61. The van der Waals surface area contributed by atoms with Crippen LogP contribution in [0.15, 0.2) is 51.8 Å². The van der Waals surface area contributed by atoms with Crippen molar-refractivity contribution in [3.63, 3.8) is 0 Å². The van der Waals surface area contributed by atoms with Crippen LogP contribution >= 0.6 is 15.9 Å². The van der Waals surface area contributed by atoms with Gasteiger partial charge in [0, 0.05) is 10.5 Å². The van der Waals surface area contributed by atoms with Gasteiger partial charge in [-0.3, -0.25) is 4.84 Å². The summed E-state index contributed by atoms with van der Waals surface area (Å²) in [6.07, 6.45) is 0. The number of hydrogen-bond acceptors (Lipinski definition) is 3. The van der Waals surface area contributed by atoms with E-state index >= 15 is 0 Å². The maximum absolute atomic E-state index is 13.6. The lowest BCUT2D eigenvalue weighted by Gasteiger charge is -2.10. The lowest BCUT2D eigenvalue weighted by molar-refractivity contribution is 0.0793. The Morgan fingerprint density at radius 3 is 2.43 bits per heavy atom. The van der Waals surface area contributed by atoms with Crippen LogP contribution in [0.25, 0.3) is 0 Å². The molecule has 0 unspecified atom stereocenters. The molecule has 0 saturated heterocycles. The Morgan fingerprint density at radius 1 is 1.14 bits per heavy atom. The summed E-state index contributed by atoms with van der Waals surface area (Å²) in [5.74, 6) is -2.10. The molecule has 112 valence electrons. The molecule has 0 amide bonds. The van der Waals surface area contributed by atoms with Gasteiger partial charge in [-0.15, -0.1) is 0 Å². The van der Waals surface area contributed by atoms with E-state index in [1.54, 1.807) is 35.2 Å². The molecule has 0 aliphatic rings. The molecule has 0 aliphatic heterocycles. The first kappa shape index (κ1) is 16.0. The van der Waals surface area contributed by atoms with Crippen molar-refractivity contribution < 1.29 is 22.0 Å². The van der Waals surface area contributed by atoms with Crippen LogP contribution in [0.2, 0.25) is 0 Å². The molecular weight excluding hydrogens is 368 g/mol. The van der Waals surface area contributed by atoms with E-state index in [-0.39, 0.29) is 11.1 Å². The van der Waals surface area contributed by atoms with Crippen LogP contribution in [0, 0.1) is 11.6 Å². The van der Waals surface area contributed by atoms with Crippen LogP contribution < -0.4 is 4.89 Å². The van der Waals surface area contributed by atoms with E-state index in [2.05, 4.69) is 15.9 Å². The standard InChI is InChI=1S/C13H10BrF2NO3S/c14-11-6-10(15)7-12(16)13(11)21(18,19)17-20-8-9-4-2-1-3-5-9/h1-7,17H,8H2. The highest BCUT2D eigenvalue weighted by Gasteiger charge is 2.24. The zero-order chi connectivity index (χ0) is 15.5. The monoisotopic (exact) mass is 377 g/mol. The smallest absolute Gasteiger partial charge is 0.266 e. The Bertz CT molecular complexity index is 715. The molecule has 1 N–H and O–H groups in total. The predicted octanol–water partition coefficient (Wildman–Crippen LogP) is 3.14. The van der Waals surface area contributed by atoms with Gasteiger partial charge in [0.25, 0.3) is 10.0 Å². The third kappa shape index (κ3) is 4.07. The van der Waals surface area contributed by atoms with E-state index in [4.69, 9.17) is 4.84 Å². The van der Waals surface area contributed by atoms with Gasteiger partial charge in [0.15, 0.2) is 0 Å². The summed E-state index contributed by atoms with van der Waals surface area (Å²) in [6.45, 7) is -0.0273. The van der Waals surface area contributed by atoms with E-state index in [0.717, 1.165) is 11.6 Å². The fourth-order valence-corrected chi connectivity index (χ4v) is 3.57. The van der Waals surface area contributed by atoms with Crippen molar-refractivity contribution in [2.75, 3.05) is 0 Å². The molecule has 2 rings (SSSR count). The third-order valence-electron chi connectivity index (χ3n) is 2.48. The average molecular weight is 378 g/mol. The summed E-state index contributed by atoms with van der Waals surface area (Å²) in [4.78, 5) is 5.95. The number of sulfonamides is 1. The molecule has 0 fully saturated rings. The van der Waals surface area contributed by atoms with Crippen molar-refractivity contribution >= 4 is 26.0 Å². The topological polar surface area (TPSA) is 55.4 Å². The first-order valence-corrected chi connectivity index (χ1v) is 8.00. The minimum atomic E-state index is -4.27. The van der Waals surface area contributed by atoms with E-state index in [1.807, 2.05) is 0 Å². The normalized spacial score (nSPS) is 11.6. The van der Waals surface area contributed by atoms with Gasteiger partial charge in [-0.2, -0.15) is 0 Å². The van der Waals surface area contributed by atoms with Gasteiger partial charge in [-0.25, -0.2) is 17.2 Å². The van der Waals surface area contributed by atoms with Crippen LogP contribution in [0.5, 0.6) is 0 Å². The average Bonchev–Trinajstić information content (AvgIpc) is 2.38. The minimum Gasteiger partial charge on any atom is -0.282 e. The zero-order valence-electron chi connectivity index (χ0n) is 10.5. The maximum atomic E-state index is 13.6. The molecule has 0 radical (unpaired) electrons. The third-order valence-corrected chi connectivity index (χ3v) is 4.66. The van der Waals surface area contributed by atoms with Gasteiger partial charge < -0.3 is 0 Å². The lowest BCUT2D eigenvalue weighted by Crippen LogP contribution is -2.25. The van der Waals surface area contributed by atoms with Crippen molar-refractivity contribution in [3.8, 4) is 0 Å². The van der Waals surface area contributed by atoms with E-state index < -0.39 is 26.6 Å². The molecule has 0 saturated carbocycles. The summed E-state index contributed by atoms with van der Waals surface area (Å²) in [6, 6.07) is 10.2. The second-order valence-electron chi connectivity index (χ2n) is 4.06. The van der Waals surface area contributed by atoms with Crippen LogP contribution in [0.4, 0.5) is 8.78 Å². The largest absolute Gasteiger partial charge is 0.282 e. The van der Waals surface area contributed by atoms with Gasteiger partial charge in [-0.05, 0) is 27.6 Å².